The fraction of sp³-hybridized carbons (Fsp3) is 0.516. The van der Waals surface area contributed by atoms with E-state index in [1.807, 2.05) is 56.3 Å². The topological polar surface area (TPSA) is 123 Å². The fourth-order valence-corrected chi connectivity index (χ4v) is 4.37. The van der Waals surface area contributed by atoms with Gasteiger partial charge < -0.3 is 30.7 Å². The monoisotopic (exact) mass is 626 g/mol. The Bertz CT molecular complexity index is 1100. The quantitative estimate of drug-likeness (QED) is 0.145. The van der Waals surface area contributed by atoms with Crippen molar-refractivity contribution in [1.82, 2.24) is 0 Å². The molecule has 0 unspecified atom stereocenters. The summed E-state index contributed by atoms with van der Waals surface area (Å²) in [5.74, 6) is -0.283. The third kappa shape index (κ3) is 13.8. The van der Waals surface area contributed by atoms with Crippen LogP contribution in [0.2, 0.25) is 0 Å². The molecule has 42 heavy (non-hydrogen) atoms. The highest BCUT2D eigenvalue weighted by molar-refractivity contribution is 6.02. The fourth-order valence-electron chi connectivity index (χ4n) is 4.37. The van der Waals surface area contributed by atoms with Crippen LogP contribution >= 0.6 is 24.8 Å². The molecule has 2 amide bonds. The van der Waals surface area contributed by atoms with E-state index in [9.17, 15) is 14.4 Å². The summed E-state index contributed by atoms with van der Waals surface area (Å²) in [5, 5.41) is 5.97. The molecule has 0 aliphatic rings. The molecule has 9 nitrogen and oxygen atoms in total. The highest BCUT2D eigenvalue weighted by atomic mass is 35.5. The Balaban J connectivity index is 0.00000840. The van der Waals surface area contributed by atoms with Crippen molar-refractivity contribution in [2.75, 3.05) is 42.0 Å². The molecule has 0 radical (unpaired) electrons. The molecule has 2 aromatic carbocycles. The number of nitrogens with one attached hydrogen (secondary N) is 2. The summed E-state index contributed by atoms with van der Waals surface area (Å²) in [6.07, 6.45) is 0.860. The number of carbonyl (C=O) groups excluding carboxylic acids is 3. The molecular formula is C31H48Cl2N4O5. The van der Waals surface area contributed by atoms with E-state index in [-0.39, 0.29) is 56.1 Å². The van der Waals surface area contributed by atoms with Crippen LogP contribution < -0.4 is 21.3 Å². The minimum absolute atomic E-state index is 0. The molecule has 4 N–H and O–H groups in total. The first-order chi connectivity index (χ1) is 19.0. The van der Waals surface area contributed by atoms with E-state index in [2.05, 4.69) is 43.2 Å². The van der Waals surface area contributed by atoms with Crippen molar-refractivity contribution in [2.45, 2.75) is 66.7 Å². The Morgan fingerprint density at radius 3 is 2.02 bits per heavy atom. The van der Waals surface area contributed by atoms with Crippen molar-refractivity contribution in [1.29, 1.82) is 0 Å². The van der Waals surface area contributed by atoms with Gasteiger partial charge in [-0.2, -0.15) is 0 Å². The first-order valence-electron chi connectivity index (χ1n) is 14.1. The summed E-state index contributed by atoms with van der Waals surface area (Å²) >= 11 is 0. The molecule has 0 fully saturated rings. The third-order valence-electron chi connectivity index (χ3n) is 6.26. The average molecular weight is 628 g/mol. The maximum atomic E-state index is 13.1. The largest absolute Gasteiger partial charge is 0.428 e. The van der Waals surface area contributed by atoms with Gasteiger partial charge in [0.05, 0.1) is 24.2 Å². The Morgan fingerprint density at radius 2 is 1.48 bits per heavy atom. The van der Waals surface area contributed by atoms with Crippen LogP contribution in [0.3, 0.4) is 0 Å². The predicted molar refractivity (Wildman–Crippen MR) is 175 cm³/mol. The van der Waals surface area contributed by atoms with Gasteiger partial charge in [0.15, 0.2) is 0 Å². The Morgan fingerprint density at radius 1 is 0.881 bits per heavy atom. The molecule has 0 aromatic heterocycles. The van der Waals surface area contributed by atoms with Gasteiger partial charge in [-0.05, 0) is 60.9 Å². The summed E-state index contributed by atoms with van der Waals surface area (Å²) in [5.41, 5.74) is 9.64. The minimum atomic E-state index is -0.509. The zero-order chi connectivity index (χ0) is 29.7. The number of nitrogens with zero attached hydrogens (tertiary/aromatic N) is 1. The molecule has 11 heteroatoms. The van der Waals surface area contributed by atoms with Crippen molar-refractivity contribution in [3.8, 4) is 0 Å². The molecule has 236 valence electrons. The van der Waals surface area contributed by atoms with Gasteiger partial charge in [0.25, 0.3) is 0 Å². The van der Waals surface area contributed by atoms with Gasteiger partial charge in [-0.15, -0.1) is 24.8 Å². The zero-order valence-electron chi connectivity index (χ0n) is 25.6. The number of halogens is 2. The number of ether oxygens (including phenoxy) is 2. The van der Waals surface area contributed by atoms with Crippen LogP contribution in [0.1, 0.15) is 70.9 Å². The highest BCUT2D eigenvalue weighted by Crippen LogP contribution is 2.34. The van der Waals surface area contributed by atoms with Gasteiger partial charge >= 0.3 is 18.0 Å². The molecule has 0 heterocycles. The third-order valence-corrected chi connectivity index (χ3v) is 6.26. The number of esters is 2. The van der Waals surface area contributed by atoms with E-state index < -0.39 is 18.7 Å². The number of anilines is 3. The molecule has 2 rings (SSSR count). The van der Waals surface area contributed by atoms with Crippen LogP contribution in [0.5, 0.6) is 0 Å². The summed E-state index contributed by atoms with van der Waals surface area (Å²) in [6, 6.07) is 13.2. The number of aryl methyl sites for hydroxylation is 1. The van der Waals surface area contributed by atoms with E-state index in [0.717, 1.165) is 29.9 Å². The van der Waals surface area contributed by atoms with Crippen LogP contribution in [-0.2, 0) is 19.1 Å². The molecule has 1 atom stereocenters. The predicted octanol–water partition coefficient (Wildman–Crippen LogP) is 6.88. The number of hydrogen-bond donors (Lipinski definition) is 3. The van der Waals surface area contributed by atoms with E-state index in [0.29, 0.717) is 29.6 Å². The number of hydrogen-bond acceptors (Lipinski definition) is 7. The van der Waals surface area contributed by atoms with Crippen molar-refractivity contribution in [2.24, 2.45) is 17.6 Å². The van der Waals surface area contributed by atoms with E-state index >= 15 is 0 Å². The lowest BCUT2D eigenvalue weighted by Gasteiger charge is -2.31. The number of benzene rings is 2. The number of nitrogens with two attached hydrogens (primary N) is 1. The number of urea groups is 1. The van der Waals surface area contributed by atoms with Gasteiger partial charge in [-0.1, -0.05) is 58.4 Å². The van der Waals surface area contributed by atoms with Crippen molar-refractivity contribution < 1.29 is 23.9 Å². The Hall–Kier alpha value is -3.01. The summed E-state index contributed by atoms with van der Waals surface area (Å²) in [4.78, 5) is 39.3. The van der Waals surface area contributed by atoms with E-state index in [1.165, 1.54) is 0 Å². The zero-order valence-corrected chi connectivity index (χ0v) is 27.2. The smallest absolute Gasteiger partial charge is 0.323 e. The molecule has 0 saturated heterocycles. The van der Waals surface area contributed by atoms with E-state index in [1.54, 1.807) is 0 Å². The van der Waals surface area contributed by atoms with Gasteiger partial charge in [0.2, 0.25) is 6.79 Å². The summed E-state index contributed by atoms with van der Waals surface area (Å²) in [6.45, 7) is 14.1. The van der Waals surface area contributed by atoms with Crippen LogP contribution in [0, 0.1) is 18.8 Å². The van der Waals surface area contributed by atoms with Crippen LogP contribution in [-0.4, -0.2) is 44.4 Å². The molecule has 0 spiro atoms. The maximum absolute atomic E-state index is 13.1. The lowest BCUT2D eigenvalue weighted by atomic mass is 9.92. The highest BCUT2D eigenvalue weighted by Gasteiger charge is 2.21. The molecule has 0 aliphatic heterocycles. The second kappa shape index (κ2) is 20.0. The summed E-state index contributed by atoms with van der Waals surface area (Å²) in [7, 11) is 0. The van der Waals surface area contributed by atoms with E-state index in [4.69, 9.17) is 15.2 Å². The SMILES string of the molecule is CC[C@@H](CC(=O)OCOC(=O)CCN)c1ccc(N(CC(C)C)CC(C)C)c(NC(=O)Nc2ccc(C)cc2)c1.Cl.Cl. The average Bonchev–Trinajstić information content (AvgIpc) is 2.88. The van der Waals surface area contributed by atoms with Gasteiger partial charge in [0, 0.05) is 25.3 Å². The standard InChI is InChI=1S/C31H46N4O5.2ClH/c1-7-24(17-30(37)40-20-39-29(36)14-15-32)25-10-13-28(35(18-21(2)3)19-22(4)5)27(16-25)34-31(38)33-26-11-8-23(6)9-12-26;;/h8-13,16,21-22,24H,7,14-15,17-20,32H2,1-6H3,(H2,33,34,38);2*1H/t24-;;/m0../s1. The van der Waals surface area contributed by atoms with Gasteiger partial charge in [0.1, 0.15) is 0 Å². The minimum Gasteiger partial charge on any atom is -0.428 e. The molecule has 2 aromatic rings. The van der Waals surface area contributed by atoms with Crippen LogP contribution in [0.15, 0.2) is 42.5 Å². The van der Waals surface area contributed by atoms with Crippen LogP contribution in [0.25, 0.3) is 0 Å². The second-order valence-electron chi connectivity index (χ2n) is 10.9. The second-order valence-corrected chi connectivity index (χ2v) is 10.9. The first kappa shape index (κ1) is 39.0. The molecule has 0 bridgehead atoms. The summed E-state index contributed by atoms with van der Waals surface area (Å²) < 4.78 is 10.00. The normalized spacial score (nSPS) is 11.2. The molecular weight excluding hydrogens is 579 g/mol. The maximum Gasteiger partial charge on any atom is 0.323 e. The lowest BCUT2D eigenvalue weighted by Crippen LogP contribution is -2.32. The van der Waals surface area contributed by atoms with Crippen molar-refractivity contribution >= 4 is 59.8 Å². The Labute approximate surface area is 263 Å². The first-order valence-corrected chi connectivity index (χ1v) is 14.1. The Kier molecular flexibility index (Phi) is 18.6. The van der Waals surface area contributed by atoms with Gasteiger partial charge in [-0.25, -0.2) is 4.79 Å². The lowest BCUT2D eigenvalue weighted by molar-refractivity contribution is -0.167. The molecule has 0 aliphatic carbocycles. The van der Waals surface area contributed by atoms with Crippen LogP contribution in [0.4, 0.5) is 21.9 Å². The number of amides is 2. The van der Waals surface area contributed by atoms with Crippen molar-refractivity contribution in [3.63, 3.8) is 0 Å². The van der Waals surface area contributed by atoms with Gasteiger partial charge in [-0.3, -0.25) is 9.59 Å². The van der Waals surface area contributed by atoms with Crippen molar-refractivity contribution in [3.05, 3.63) is 53.6 Å². The molecule has 0 saturated carbocycles. The number of rotatable bonds is 15. The number of carbonyl (C=O) groups is 3.